The number of hydrogen-bond donors (Lipinski definition) is 1. The van der Waals surface area contributed by atoms with Gasteiger partial charge in [0.15, 0.2) is 0 Å². The van der Waals surface area contributed by atoms with Gasteiger partial charge >= 0.3 is 6.03 Å². The fourth-order valence-corrected chi connectivity index (χ4v) is 3.32. The van der Waals surface area contributed by atoms with E-state index in [0.29, 0.717) is 32.5 Å². The summed E-state index contributed by atoms with van der Waals surface area (Å²) in [6, 6.07) is 3.61. The monoisotopic (exact) mass is 326 g/mol. The van der Waals surface area contributed by atoms with Crippen molar-refractivity contribution in [1.82, 2.24) is 19.5 Å². The van der Waals surface area contributed by atoms with E-state index in [1.54, 1.807) is 24.3 Å². The van der Waals surface area contributed by atoms with Gasteiger partial charge in [0.1, 0.15) is 0 Å². The molecular weight excluding hydrogens is 304 g/mol. The number of nitrogens with one attached hydrogen (secondary N) is 1. The lowest BCUT2D eigenvalue weighted by molar-refractivity contribution is 0.195. The standard InChI is InChI=1S/C14H22N4O3S/c1-17(11-12-3-7-15-8-4-12)14(19)16-13-5-9-18(10-6-13)22(2,20)21/h3-4,7-8,13H,5-6,9-11H2,1-2H3,(H,16,19). The zero-order chi connectivity index (χ0) is 16.2. The number of aromatic nitrogens is 1. The fourth-order valence-electron chi connectivity index (χ4n) is 2.45. The summed E-state index contributed by atoms with van der Waals surface area (Å²) in [5.74, 6) is 0. The number of sulfonamides is 1. The summed E-state index contributed by atoms with van der Waals surface area (Å²) in [7, 11) is -1.39. The van der Waals surface area contributed by atoms with Crippen molar-refractivity contribution in [2.24, 2.45) is 0 Å². The van der Waals surface area contributed by atoms with Gasteiger partial charge in [-0.15, -0.1) is 0 Å². The Hall–Kier alpha value is -1.67. The summed E-state index contributed by atoms with van der Waals surface area (Å²) in [5, 5.41) is 2.96. The number of carbonyl (C=O) groups excluding carboxylic acids is 1. The van der Waals surface area contributed by atoms with Crippen LogP contribution in [0.15, 0.2) is 24.5 Å². The van der Waals surface area contributed by atoms with Crippen LogP contribution in [0, 0.1) is 0 Å². The van der Waals surface area contributed by atoms with E-state index in [4.69, 9.17) is 0 Å². The molecule has 1 aromatic rings. The Morgan fingerprint density at radius 2 is 1.95 bits per heavy atom. The van der Waals surface area contributed by atoms with Crippen LogP contribution in [0.5, 0.6) is 0 Å². The average Bonchev–Trinajstić information content (AvgIpc) is 2.48. The number of piperidine rings is 1. The molecule has 2 rings (SSSR count). The Morgan fingerprint density at radius 1 is 1.36 bits per heavy atom. The van der Waals surface area contributed by atoms with E-state index in [9.17, 15) is 13.2 Å². The predicted octanol–water partition coefficient (Wildman–Crippen LogP) is 0.647. The minimum Gasteiger partial charge on any atom is -0.335 e. The lowest BCUT2D eigenvalue weighted by Gasteiger charge is -2.31. The van der Waals surface area contributed by atoms with Gasteiger partial charge in [-0.1, -0.05) is 0 Å². The highest BCUT2D eigenvalue weighted by Crippen LogP contribution is 2.13. The Kier molecular flexibility index (Phi) is 5.36. The summed E-state index contributed by atoms with van der Waals surface area (Å²) >= 11 is 0. The van der Waals surface area contributed by atoms with Gasteiger partial charge in [-0.05, 0) is 30.5 Å². The van der Waals surface area contributed by atoms with E-state index < -0.39 is 10.0 Å². The van der Waals surface area contributed by atoms with Crippen LogP contribution in [0.2, 0.25) is 0 Å². The first-order chi connectivity index (χ1) is 10.4. The van der Waals surface area contributed by atoms with Gasteiger partial charge < -0.3 is 10.2 Å². The molecule has 2 amide bonds. The molecule has 0 spiro atoms. The molecule has 0 bridgehead atoms. The van der Waals surface area contributed by atoms with E-state index in [1.807, 2.05) is 12.1 Å². The van der Waals surface area contributed by atoms with Gasteiger partial charge in [-0.25, -0.2) is 17.5 Å². The molecule has 1 N–H and O–H groups in total. The summed E-state index contributed by atoms with van der Waals surface area (Å²) in [6.07, 6.45) is 5.89. The molecule has 22 heavy (non-hydrogen) atoms. The average molecular weight is 326 g/mol. The van der Waals surface area contributed by atoms with Crippen LogP contribution in [0.4, 0.5) is 4.79 Å². The first-order valence-corrected chi connectivity index (χ1v) is 9.07. The molecule has 8 heteroatoms. The van der Waals surface area contributed by atoms with Gasteiger partial charge in [0.2, 0.25) is 10.0 Å². The second-order valence-corrected chi connectivity index (χ2v) is 7.58. The van der Waals surface area contributed by atoms with Crippen LogP contribution in [-0.4, -0.2) is 61.1 Å². The molecular formula is C14H22N4O3S. The molecule has 0 aliphatic carbocycles. The van der Waals surface area contributed by atoms with Crippen LogP contribution in [-0.2, 0) is 16.6 Å². The molecule has 0 radical (unpaired) electrons. The third-order valence-corrected chi connectivity index (χ3v) is 5.07. The van der Waals surface area contributed by atoms with Crippen LogP contribution >= 0.6 is 0 Å². The van der Waals surface area contributed by atoms with Crippen molar-refractivity contribution in [3.05, 3.63) is 30.1 Å². The maximum atomic E-state index is 12.2. The molecule has 7 nitrogen and oxygen atoms in total. The highest BCUT2D eigenvalue weighted by atomic mass is 32.2. The Bertz CT molecular complexity index is 598. The molecule has 2 heterocycles. The minimum atomic E-state index is -3.13. The molecule has 1 aliphatic rings. The first-order valence-electron chi connectivity index (χ1n) is 7.22. The molecule has 1 saturated heterocycles. The number of nitrogens with zero attached hydrogens (tertiary/aromatic N) is 3. The number of amides is 2. The Balaban J connectivity index is 1.80. The number of carbonyl (C=O) groups is 1. The van der Waals surface area contributed by atoms with Gasteiger partial charge in [0.05, 0.1) is 6.26 Å². The molecule has 1 aromatic heterocycles. The zero-order valence-electron chi connectivity index (χ0n) is 12.9. The normalized spacial score (nSPS) is 17.2. The number of pyridine rings is 1. The van der Waals surface area contributed by atoms with Gasteiger partial charge in [-0.3, -0.25) is 4.98 Å². The Labute approximate surface area is 131 Å². The zero-order valence-corrected chi connectivity index (χ0v) is 13.7. The largest absolute Gasteiger partial charge is 0.335 e. The van der Waals surface area contributed by atoms with Crippen molar-refractivity contribution >= 4 is 16.1 Å². The maximum Gasteiger partial charge on any atom is 0.317 e. The van der Waals surface area contributed by atoms with Crippen LogP contribution < -0.4 is 5.32 Å². The highest BCUT2D eigenvalue weighted by Gasteiger charge is 2.26. The fraction of sp³-hybridized carbons (Fsp3) is 0.571. The molecule has 122 valence electrons. The molecule has 1 aliphatic heterocycles. The molecule has 0 atom stereocenters. The first kappa shape index (κ1) is 16.7. The van der Waals surface area contributed by atoms with E-state index in [1.165, 1.54) is 10.6 Å². The summed E-state index contributed by atoms with van der Waals surface area (Å²) in [6.45, 7) is 1.42. The van der Waals surface area contributed by atoms with Crippen molar-refractivity contribution in [3.8, 4) is 0 Å². The van der Waals surface area contributed by atoms with Crippen LogP contribution in [0.1, 0.15) is 18.4 Å². The number of rotatable bonds is 4. The molecule has 0 saturated carbocycles. The lowest BCUT2D eigenvalue weighted by Crippen LogP contribution is -2.49. The quantitative estimate of drug-likeness (QED) is 0.880. The van der Waals surface area contributed by atoms with Gasteiger partial charge in [0, 0.05) is 45.1 Å². The predicted molar refractivity (Wildman–Crippen MR) is 83.7 cm³/mol. The van der Waals surface area contributed by atoms with Crippen molar-refractivity contribution in [3.63, 3.8) is 0 Å². The number of urea groups is 1. The maximum absolute atomic E-state index is 12.2. The summed E-state index contributed by atoms with van der Waals surface area (Å²) in [4.78, 5) is 17.7. The van der Waals surface area contributed by atoms with E-state index in [0.717, 1.165) is 5.56 Å². The van der Waals surface area contributed by atoms with E-state index in [-0.39, 0.29) is 12.1 Å². The van der Waals surface area contributed by atoms with Gasteiger partial charge in [-0.2, -0.15) is 0 Å². The minimum absolute atomic E-state index is 0.0189. The van der Waals surface area contributed by atoms with Crippen LogP contribution in [0.3, 0.4) is 0 Å². The van der Waals surface area contributed by atoms with Crippen molar-refractivity contribution < 1.29 is 13.2 Å². The SMILES string of the molecule is CN(Cc1ccncc1)C(=O)NC1CCN(S(C)(=O)=O)CC1. The van der Waals surface area contributed by atoms with Crippen molar-refractivity contribution in [2.75, 3.05) is 26.4 Å². The lowest BCUT2D eigenvalue weighted by atomic mass is 10.1. The van der Waals surface area contributed by atoms with E-state index >= 15 is 0 Å². The molecule has 0 unspecified atom stereocenters. The Morgan fingerprint density at radius 3 is 2.50 bits per heavy atom. The smallest absolute Gasteiger partial charge is 0.317 e. The third-order valence-electron chi connectivity index (χ3n) is 3.77. The second kappa shape index (κ2) is 7.06. The molecule has 0 aromatic carbocycles. The van der Waals surface area contributed by atoms with Crippen molar-refractivity contribution in [2.45, 2.75) is 25.4 Å². The number of hydrogen-bond acceptors (Lipinski definition) is 4. The van der Waals surface area contributed by atoms with Gasteiger partial charge in [0.25, 0.3) is 0 Å². The van der Waals surface area contributed by atoms with Crippen LogP contribution in [0.25, 0.3) is 0 Å². The summed E-state index contributed by atoms with van der Waals surface area (Å²) in [5.41, 5.74) is 1.01. The topological polar surface area (TPSA) is 82.6 Å². The molecule has 1 fully saturated rings. The highest BCUT2D eigenvalue weighted by molar-refractivity contribution is 7.88. The van der Waals surface area contributed by atoms with Crippen molar-refractivity contribution in [1.29, 1.82) is 0 Å². The van der Waals surface area contributed by atoms with E-state index in [2.05, 4.69) is 10.3 Å². The third kappa shape index (κ3) is 4.67. The summed E-state index contributed by atoms with van der Waals surface area (Å²) < 4.78 is 24.4. The second-order valence-electron chi connectivity index (χ2n) is 5.60.